The second kappa shape index (κ2) is 11.7. The minimum Gasteiger partial charge on any atom is -0.351 e. The number of aromatic nitrogens is 3. The maximum Gasteiger partial charge on any atom is 0.318 e. The van der Waals surface area contributed by atoms with Crippen molar-refractivity contribution in [2.24, 2.45) is 5.73 Å². The number of benzene rings is 1. The van der Waals surface area contributed by atoms with Crippen molar-refractivity contribution >= 4 is 35.3 Å². The third-order valence-electron chi connectivity index (χ3n) is 4.15. The van der Waals surface area contributed by atoms with E-state index in [0.717, 1.165) is 30.8 Å². The Balaban J connectivity index is 2.08. The molecule has 28 heavy (non-hydrogen) atoms. The number of hydrogen-bond acceptors (Lipinski definition) is 5. The van der Waals surface area contributed by atoms with E-state index in [1.165, 1.54) is 37.4 Å². The van der Waals surface area contributed by atoms with E-state index in [-0.39, 0.29) is 5.75 Å². The van der Waals surface area contributed by atoms with E-state index in [9.17, 15) is 9.59 Å². The Bertz CT molecular complexity index is 779. The van der Waals surface area contributed by atoms with Crippen molar-refractivity contribution in [2.45, 2.75) is 57.1 Å². The molecule has 1 heterocycles. The fourth-order valence-electron chi connectivity index (χ4n) is 2.76. The normalized spacial score (nSPS) is 10.8. The van der Waals surface area contributed by atoms with Gasteiger partial charge in [0.1, 0.15) is 0 Å². The minimum atomic E-state index is -0.860. The second-order valence-corrected chi connectivity index (χ2v) is 7.81. The highest BCUT2D eigenvalue weighted by Gasteiger charge is 2.16. The number of unbranched alkanes of at least 4 members (excludes halogenated alkanes) is 5. The van der Waals surface area contributed by atoms with Gasteiger partial charge in [0.25, 0.3) is 0 Å². The Labute approximate surface area is 174 Å². The van der Waals surface area contributed by atoms with Crippen LogP contribution in [0.1, 0.15) is 45.4 Å². The topological polar surface area (TPSA) is 103 Å². The number of carbonyl (C=O) groups is 2. The molecule has 0 aliphatic rings. The molecule has 1 aromatic heterocycles. The summed E-state index contributed by atoms with van der Waals surface area (Å²) in [6, 6.07) is 6.57. The molecule has 0 bridgehead atoms. The highest BCUT2D eigenvalue weighted by Crippen LogP contribution is 2.26. The number of amides is 3. The molecule has 3 amide bonds. The quantitative estimate of drug-likeness (QED) is 0.415. The van der Waals surface area contributed by atoms with Crippen molar-refractivity contribution in [3.05, 3.63) is 29.3 Å². The summed E-state index contributed by atoms with van der Waals surface area (Å²) in [5.74, 6) is 0.320. The van der Waals surface area contributed by atoms with Crippen LogP contribution in [0.4, 0.5) is 4.79 Å². The average molecular weight is 424 g/mol. The molecule has 0 unspecified atom stereocenters. The number of rotatable bonds is 11. The van der Waals surface area contributed by atoms with Crippen LogP contribution >= 0.6 is 23.4 Å². The first-order chi connectivity index (χ1) is 13.5. The van der Waals surface area contributed by atoms with Crippen LogP contribution in [-0.4, -0.2) is 32.5 Å². The predicted molar refractivity (Wildman–Crippen MR) is 112 cm³/mol. The molecule has 152 valence electrons. The lowest BCUT2D eigenvalue weighted by Gasteiger charge is -2.10. The zero-order valence-corrected chi connectivity index (χ0v) is 17.6. The molecule has 0 fully saturated rings. The van der Waals surface area contributed by atoms with Crippen LogP contribution in [0.15, 0.2) is 29.4 Å². The Hall–Kier alpha value is -2.06. The van der Waals surface area contributed by atoms with Crippen molar-refractivity contribution in [1.29, 1.82) is 0 Å². The highest BCUT2D eigenvalue weighted by molar-refractivity contribution is 7.99. The lowest BCUT2D eigenvalue weighted by Crippen LogP contribution is -2.36. The van der Waals surface area contributed by atoms with Crippen molar-refractivity contribution in [3.63, 3.8) is 0 Å². The molecule has 0 aliphatic heterocycles. The predicted octanol–water partition coefficient (Wildman–Crippen LogP) is 4.25. The standard InChI is InChI=1S/C19H26ClN5O2S/c1-2-3-4-5-6-7-12-25-17(14-8-10-15(20)11-9-14)23-24-19(25)28-13-16(26)22-18(21)27/h8-11H,2-7,12-13H2,1H3,(H3,21,22,26,27). The van der Waals surface area contributed by atoms with E-state index < -0.39 is 11.9 Å². The molecular weight excluding hydrogens is 398 g/mol. The summed E-state index contributed by atoms with van der Waals surface area (Å²) in [7, 11) is 0. The molecule has 1 aromatic carbocycles. The van der Waals surface area contributed by atoms with Crippen LogP contribution < -0.4 is 11.1 Å². The summed E-state index contributed by atoms with van der Waals surface area (Å²) < 4.78 is 2.02. The average Bonchev–Trinajstić information content (AvgIpc) is 3.06. The number of nitrogens with one attached hydrogen (secondary N) is 1. The van der Waals surface area contributed by atoms with Crippen molar-refractivity contribution in [3.8, 4) is 11.4 Å². The van der Waals surface area contributed by atoms with Gasteiger partial charge in [0.15, 0.2) is 11.0 Å². The number of carbonyl (C=O) groups excluding carboxylic acids is 2. The van der Waals surface area contributed by atoms with E-state index in [4.69, 9.17) is 17.3 Å². The molecular formula is C19H26ClN5O2S. The molecule has 9 heteroatoms. The molecule has 3 N–H and O–H groups in total. The van der Waals surface area contributed by atoms with Gasteiger partial charge in [0, 0.05) is 17.1 Å². The van der Waals surface area contributed by atoms with E-state index in [2.05, 4.69) is 22.4 Å². The summed E-state index contributed by atoms with van der Waals surface area (Å²) in [6.45, 7) is 2.96. The zero-order valence-electron chi connectivity index (χ0n) is 16.0. The van der Waals surface area contributed by atoms with Crippen LogP contribution in [-0.2, 0) is 11.3 Å². The third-order valence-corrected chi connectivity index (χ3v) is 5.37. The maximum absolute atomic E-state index is 11.7. The number of primary amides is 1. The molecule has 7 nitrogen and oxygen atoms in total. The molecule has 0 saturated heterocycles. The highest BCUT2D eigenvalue weighted by atomic mass is 35.5. The molecule has 0 spiro atoms. The Kier molecular flexibility index (Phi) is 9.30. The van der Waals surface area contributed by atoms with Gasteiger partial charge >= 0.3 is 6.03 Å². The number of imide groups is 1. The smallest absolute Gasteiger partial charge is 0.318 e. The van der Waals surface area contributed by atoms with Gasteiger partial charge < -0.3 is 10.3 Å². The number of hydrogen-bond donors (Lipinski definition) is 2. The van der Waals surface area contributed by atoms with E-state index in [1.807, 2.05) is 28.8 Å². The maximum atomic E-state index is 11.7. The van der Waals surface area contributed by atoms with Gasteiger partial charge in [-0.25, -0.2) is 4.79 Å². The molecule has 0 atom stereocenters. The van der Waals surface area contributed by atoms with Gasteiger partial charge in [-0.2, -0.15) is 0 Å². The van der Waals surface area contributed by atoms with Gasteiger partial charge in [-0.1, -0.05) is 62.4 Å². The van der Waals surface area contributed by atoms with Gasteiger partial charge in [0.05, 0.1) is 5.75 Å². The lowest BCUT2D eigenvalue weighted by molar-refractivity contribution is -0.117. The van der Waals surface area contributed by atoms with Crippen LogP contribution in [0.2, 0.25) is 5.02 Å². The van der Waals surface area contributed by atoms with Crippen molar-refractivity contribution in [2.75, 3.05) is 5.75 Å². The van der Waals surface area contributed by atoms with Crippen LogP contribution in [0.5, 0.6) is 0 Å². The second-order valence-electron chi connectivity index (χ2n) is 6.43. The zero-order chi connectivity index (χ0) is 20.4. The number of nitrogens with two attached hydrogens (primary N) is 1. The van der Waals surface area contributed by atoms with Gasteiger partial charge in [-0.15, -0.1) is 10.2 Å². The SMILES string of the molecule is CCCCCCCCn1c(SCC(=O)NC(N)=O)nnc1-c1ccc(Cl)cc1. The van der Waals surface area contributed by atoms with E-state index in [0.29, 0.717) is 10.2 Å². The largest absolute Gasteiger partial charge is 0.351 e. The Morgan fingerprint density at radius 3 is 2.46 bits per heavy atom. The summed E-state index contributed by atoms with van der Waals surface area (Å²) in [6.07, 6.45) is 7.07. The molecule has 0 radical (unpaired) electrons. The van der Waals surface area contributed by atoms with E-state index in [1.54, 1.807) is 0 Å². The van der Waals surface area contributed by atoms with Gasteiger partial charge in [-0.3, -0.25) is 10.1 Å². The number of urea groups is 1. The van der Waals surface area contributed by atoms with Gasteiger partial charge in [-0.05, 0) is 30.7 Å². The van der Waals surface area contributed by atoms with Crippen LogP contribution in [0.25, 0.3) is 11.4 Å². The van der Waals surface area contributed by atoms with E-state index >= 15 is 0 Å². The van der Waals surface area contributed by atoms with Crippen LogP contribution in [0, 0.1) is 0 Å². The number of nitrogens with zero attached hydrogens (tertiary/aromatic N) is 3. The van der Waals surface area contributed by atoms with Crippen molar-refractivity contribution in [1.82, 2.24) is 20.1 Å². The molecule has 0 aliphatic carbocycles. The number of thioether (sulfide) groups is 1. The summed E-state index contributed by atoms with van der Waals surface area (Å²) in [4.78, 5) is 22.5. The molecule has 2 rings (SSSR count). The first kappa shape index (κ1) is 22.2. The third kappa shape index (κ3) is 7.16. The lowest BCUT2D eigenvalue weighted by atomic mass is 10.1. The summed E-state index contributed by atoms with van der Waals surface area (Å²) >= 11 is 7.22. The Morgan fingerprint density at radius 2 is 1.79 bits per heavy atom. The monoisotopic (exact) mass is 423 g/mol. The van der Waals surface area contributed by atoms with Gasteiger partial charge in [0.2, 0.25) is 5.91 Å². The fourth-order valence-corrected chi connectivity index (χ4v) is 3.65. The summed E-state index contributed by atoms with van der Waals surface area (Å²) in [5.41, 5.74) is 5.89. The molecule has 0 saturated carbocycles. The first-order valence-corrected chi connectivity index (χ1v) is 10.8. The first-order valence-electron chi connectivity index (χ1n) is 9.42. The Morgan fingerprint density at radius 1 is 1.11 bits per heavy atom. The number of halogens is 1. The molecule has 2 aromatic rings. The summed E-state index contributed by atoms with van der Waals surface area (Å²) in [5, 5.41) is 11.9. The minimum absolute atomic E-state index is 0.0399. The van der Waals surface area contributed by atoms with Crippen molar-refractivity contribution < 1.29 is 9.59 Å². The fraction of sp³-hybridized carbons (Fsp3) is 0.474. The van der Waals surface area contributed by atoms with Crippen LogP contribution in [0.3, 0.4) is 0 Å².